The van der Waals surface area contributed by atoms with Gasteiger partial charge in [0, 0.05) is 47.6 Å². The topological polar surface area (TPSA) is 81.2 Å². The number of hydrogen-bond donors (Lipinski definition) is 1. The minimum atomic E-state index is -0.516. The minimum Gasteiger partial charge on any atom is -0.370 e. The third-order valence-corrected chi connectivity index (χ3v) is 7.89. The van der Waals surface area contributed by atoms with E-state index in [1.54, 1.807) is 18.5 Å². The first-order valence-corrected chi connectivity index (χ1v) is 13.7. The van der Waals surface area contributed by atoms with Crippen molar-refractivity contribution in [3.63, 3.8) is 0 Å². The van der Waals surface area contributed by atoms with Gasteiger partial charge in [0.2, 0.25) is 11.8 Å². The third-order valence-electron chi connectivity index (χ3n) is 7.30. The number of benzene rings is 2. The summed E-state index contributed by atoms with van der Waals surface area (Å²) in [5, 5.41) is 1.08. The molecule has 0 saturated carbocycles. The van der Waals surface area contributed by atoms with Gasteiger partial charge in [-0.05, 0) is 36.1 Å². The van der Waals surface area contributed by atoms with Crippen LogP contribution >= 0.6 is 23.2 Å². The number of hydrogen-bond acceptors (Lipinski definition) is 3. The van der Waals surface area contributed by atoms with Gasteiger partial charge >= 0.3 is 0 Å². The van der Waals surface area contributed by atoms with E-state index in [4.69, 9.17) is 28.9 Å². The molecule has 1 saturated heterocycles. The van der Waals surface area contributed by atoms with Crippen molar-refractivity contribution in [1.82, 2.24) is 14.5 Å². The van der Waals surface area contributed by atoms with Crippen LogP contribution in [0.3, 0.4) is 0 Å². The largest absolute Gasteiger partial charge is 0.370 e. The Bertz CT molecular complexity index is 1220. The molecule has 0 aliphatic carbocycles. The van der Waals surface area contributed by atoms with Gasteiger partial charge in [-0.15, -0.1) is 0 Å². The van der Waals surface area contributed by atoms with Crippen molar-refractivity contribution in [2.75, 3.05) is 13.1 Å². The zero-order valence-corrected chi connectivity index (χ0v) is 22.7. The number of imidazole rings is 1. The van der Waals surface area contributed by atoms with Crippen LogP contribution in [0.5, 0.6) is 0 Å². The fourth-order valence-corrected chi connectivity index (χ4v) is 5.67. The van der Waals surface area contributed by atoms with E-state index in [0.717, 1.165) is 30.5 Å². The number of carbonyl (C=O) groups excluding carboxylic acids is 2. The summed E-state index contributed by atoms with van der Waals surface area (Å²) in [7, 11) is 0. The van der Waals surface area contributed by atoms with Gasteiger partial charge in [-0.2, -0.15) is 0 Å². The molecule has 1 aliphatic rings. The van der Waals surface area contributed by atoms with Crippen LogP contribution in [-0.4, -0.2) is 39.4 Å². The molecule has 0 radical (unpaired) electrons. The number of rotatable bonds is 12. The molecule has 0 spiro atoms. The highest BCUT2D eigenvalue weighted by molar-refractivity contribution is 6.35. The SMILES string of the molecule is CCCCCC1(c2ccccc2)CN(C(=O)[C@@H](Cc2ccc(Cl)cc2Cl)n2cnc(CCC(N)=O)c2)C1. The first-order valence-electron chi connectivity index (χ1n) is 12.9. The standard InChI is InChI=1S/C29H34Cl2N4O2/c1-2-3-7-14-29(22-8-5-4-6-9-22)18-35(19-29)28(37)26(15-21-10-11-23(30)16-25(21)31)34-17-24(33-20-34)12-13-27(32)36/h4-6,8-11,16-17,20,26H,2-3,7,12-15,18-19H2,1H3,(H2,32,36)/t26-/m1/s1. The Morgan fingerprint density at radius 3 is 2.54 bits per heavy atom. The van der Waals surface area contributed by atoms with Gasteiger partial charge in [-0.1, -0.05) is 85.8 Å². The number of nitrogens with zero attached hydrogens (tertiary/aromatic N) is 3. The highest BCUT2D eigenvalue weighted by atomic mass is 35.5. The number of primary amides is 1. The lowest BCUT2D eigenvalue weighted by molar-refractivity contribution is -0.143. The Morgan fingerprint density at radius 1 is 1.11 bits per heavy atom. The van der Waals surface area contributed by atoms with E-state index in [1.165, 1.54) is 12.0 Å². The van der Waals surface area contributed by atoms with Crippen molar-refractivity contribution in [3.05, 3.63) is 87.9 Å². The average Bonchev–Trinajstić information content (AvgIpc) is 3.33. The molecule has 1 atom stereocenters. The lowest BCUT2D eigenvalue weighted by Gasteiger charge is -2.52. The van der Waals surface area contributed by atoms with Crippen LogP contribution in [0.25, 0.3) is 0 Å². The van der Waals surface area contributed by atoms with E-state index >= 15 is 0 Å². The minimum absolute atomic E-state index is 0.0177. The maximum Gasteiger partial charge on any atom is 0.246 e. The Morgan fingerprint density at radius 2 is 1.86 bits per heavy atom. The molecular formula is C29H34Cl2N4O2. The number of nitrogens with two attached hydrogens (primary N) is 1. The molecule has 2 N–H and O–H groups in total. The van der Waals surface area contributed by atoms with E-state index in [-0.39, 0.29) is 23.7 Å². The number of unbranched alkanes of at least 4 members (excludes halogenated alkanes) is 2. The predicted octanol–water partition coefficient (Wildman–Crippen LogP) is 5.75. The van der Waals surface area contributed by atoms with Crippen LogP contribution in [0.15, 0.2) is 61.1 Å². The molecule has 37 heavy (non-hydrogen) atoms. The second kappa shape index (κ2) is 12.1. The third kappa shape index (κ3) is 6.55. The lowest BCUT2D eigenvalue weighted by Crippen LogP contribution is -2.62. The van der Waals surface area contributed by atoms with E-state index in [9.17, 15) is 9.59 Å². The monoisotopic (exact) mass is 540 g/mol. The van der Waals surface area contributed by atoms with Gasteiger partial charge in [0.25, 0.3) is 0 Å². The van der Waals surface area contributed by atoms with Gasteiger partial charge in [-0.25, -0.2) is 4.98 Å². The molecule has 4 rings (SSSR count). The van der Waals surface area contributed by atoms with E-state index in [0.29, 0.717) is 36.0 Å². The summed E-state index contributed by atoms with van der Waals surface area (Å²) in [5.74, 6) is -0.344. The van der Waals surface area contributed by atoms with Crippen molar-refractivity contribution < 1.29 is 9.59 Å². The molecule has 1 aromatic heterocycles. The summed E-state index contributed by atoms with van der Waals surface area (Å²) >= 11 is 12.6. The Hall–Kier alpha value is -2.83. The Balaban J connectivity index is 1.57. The van der Waals surface area contributed by atoms with E-state index < -0.39 is 6.04 Å². The Labute approximate surface area is 228 Å². The van der Waals surface area contributed by atoms with Gasteiger partial charge < -0.3 is 15.2 Å². The number of aromatic nitrogens is 2. The fraction of sp³-hybridized carbons (Fsp3) is 0.414. The van der Waals surface area contributed by atoms with Crippen molar-refractivity contribution >= 4 is 35.0 Å². The summed E-state index contributed by atoms with van der Waals surface area (Å²) in [4.78, 5) is 31.6. The first kappa shape index (κ1) is 27.2. The molecule has 8 heteroatoms. The van der Waals surface area contributed by atoms with Crippen molar-refractivity contribution in [1.29, 1.82) is 0 Å². The molecule has 2 heterocycles. The summed E-state index contributed by atoms with van der Waals surface area (Å²) in [6.45, 7) is 3.59. The summed E-state index contributed by atoms with van der Waals surface area (Å²) < 4.78 is 1.84. The second-order valence-corrected chi connectivity index (χ2v) is 10.9. The molecule has 1 fully saturated rings. The maximum atomic E-state index is 14.0. The van der Waals surface area contributed by atoms with Crippen LogP contribution in [0, 0.1) is 0 Å². The lowest BCUT2D eigenvalue weighted by atomic mass is 9.70. The van der Waals surface area contributed by atoms with Crippen LogP contribution in [0.4, 0.5) is 0 Å². The van der Waals surface area contributed by atoms with Crippen molar-refractivity contribution in [2.45, 2.75) is 63.3 Å². The van der Waals surface area contributed by atoms with E-state index in [2.05, 4.69) is 36.2 Å². The highest BCUT2D eigenvalue weighted by Crippen LogP contribution is 2.41. The van der Waals surface area contributed by atoms with Gasteiger partial charge in [0.1, 0.15) is 6.04 Å². The number of amides is 2. The molecular weight excluding hydrogens is 507 g/mol. The van der Waals surface area contributed by atoms with Gasteiger partial charge in [0.05, 0.1) is 12.0 Å². The van der Waals surface area contributed by atoms with Gasteiger partial charge in [-0.3, -0.25) is 9.59 Å². The zero-order chi connectivity index (χ0) is 26.4. The molecule has 6 nitrogen and oxygen atoms in total. The van der Waals surface area contributed by atoms with Crippen molar-refractivity contribution in [2.24, 2.45) is 5.73 Å². The molecule has 196 valence electrons. The molecule has 2 amide bonds. The maximum absolute atomic E-state index is 14.0. The van der Waals surface area contributed by atoms with Crippen molar-refractivity contribution in [3.8, 4) is 0 Å². The number of aryl methyl sites for hydroxylation is 1. The van der Waals surface area contributed by atoms with Crippen LogP contribution in [0.2, 0.25) is 10.0 Å². The normalized spacial score (nSPS) is 15.3. The van der Waals surface area contributed by atoms with Crippen LogP contribution in [-0.2, 0) is 27.8 Å². The smallest absolute Gasteiger partial charge is 0.246 e. The quantitative estimate of drug-likeness (QED) is 0.297. The summed E-state index contributed by atoms with van der Waals surface area (Å²) in [6, 6.07) is 15.4. The average molecular weight is 542 g/mol. The molecule has 0 bridgehead atoms. The molecule has 3 aromatic rings. The number of halogens is 2. The molecule has 0 unspecified atom stereocenters. The predicted molar refractivity (Wildman–Crippen MR) is 148 cm³/mol. The second-order valence-electron chi connectivity index (χ2n) is 10.0. The highest BCUT2D eigenvalue weighted by Gasteiger charge is 2.47. The van der Waals surface area contributed by atoms with Crippen LogP contribution in [0.1, 0.15) is 61.9 Å². The van der Waals surface area contributed by atoms with E-state index in [1.807, 2.05) is 27.8 Å². The summed E-state index contributed by atoms with van der Waals surface area (Å²) in [6.07, 6.45) is 9.09. The summed E-state index contributed by atoms with van der Waals surface area (Å²) in [5.41, 5.74) is 8.15. The Kier molecular flexibility index (Phi) is 8.93. The molecule has 2 aromatic carbocycles. The van der Waals surface area contributed by atoms with Crippen LogP contribution < -0.4 is 5.73 Å². The first-order chi connectivity index (χ1) is 17.8. The fourth-order valence-electron chi connectivity index (χ4n) is 5.19. The number of carbonyl (C=O) groups is 2. The van der Waals surface area contributed by atoms with Gasteiger partial charge in [0.15, 0.2) is 0 Å². The zero-order valence-electron chi connectivity index (χ0n) is 21.2. The molecule has 1 aliphatic heterocycles. The number of likely N-dealkylation sites (tertiary alicyclic amines) is 1.